The van der Waals surface area contributed by atoms with Gasteiger partial charge in [-0.1, -0.05) is 34.1 Å². The third kappa shape index (κ3) is 2.84. The molecule has 0 aromatic rings. The number of allylic oxidation sites excluding steroid dienone is 2. The Morgan fingerprint density at radius 1 is 1.21 bits per heavy atom. The predicted molar refractivity (Wildman–Crippen MR) is 102 cm³/mol. The summed E-state index contributed by atoms with van der Waals surface area (Å²) in [6, 6.07) is 0. The number of ether oxygens (including phenoxy) is 1. The fraction of sp³-hybridized carbons (Fsp3) is 0.682. The first-order valence-electron chi connectivity index (χ1n) is 10.0. The molecular formula is C22H30O6. The Morgan fingerprint density at radius 3 is 2.39 bits per heavy atom. The van der Waals surface area contributed by atoms with Gasteiger partial charge in [-0.05, 0) is 36.5 Å². The number of carbonyl (C=O) groups is 3. The van der Waals surface area contributed by atoms with Crippen LogP contribution < -0.4 is 0 Å². The summed E-state index contributed by atoms with van der Waals surface area (Å²) in [5, 5.41) is 21.1. The summed E-state index contributed by atoms with van der Waals surface area (Å²) in [7, 11) is 0. The molecule has 0 amide bonds. The lowest BCUT2D eigenvalue weighted by Crippen LogP contribution is -2.55. The first kappa shape index (κ1) is 20.8. The Morgan fingerprint density at radius 2 is 1.86 bits per heavy atom. The van der Waals surface area contributed by atoms with Gasteiger partial charge in [-0.2, -0.15) is 0 Å². The van der Waals surface area contributed by atoms with Crippen molar-refractivity contribution in [1.29, 1.82) is 0 Å². The minimum absolute atomic E-state index is 0.0517. The van der Waals surface area contributed by atoms with Gasteiger partial charge in [0.25, 0.3) is 0 Å². The molecule has 0 unspecified atom stereocenters. The SMILES string of the molecule is CC(=O)O[C@@H]1C[C@H]2[C@@](C)(CO)CCC[C@]2(C)C2=C1C(O)=C(C(C)C)C(=O)C2=O. The third-order valence-corrected chi connectivity index (χ3v) is 7.10. The van der Waals surface area contributed by atoms with Crippen LogP contribution in [0.4, 0.5) is 0 Å². The Bertz CT molecular complexity index is 804. The van der Waals surface area contributed by atoms with Crippen LogP contribution in [0.1, 0.15) is 60.3 Å². The Kier molecular flexibility index (Phi) is 5.07. The summed E-state index contributed by atoms with van der Waals surface area (Å²) in [6.07, 6.45) is 1.88. The maximum atomic E-state index is 13.3. The van der Waals surface area contributed by atoms with Gasteiger partial charge >= 0.3 is 5.97 Å². The number of Topliss-reactive ketones (excluding diaryl/α,β-unsaturated/α-hetero) is 2. The number of aliphatic hydroxyl groups is 2. The minimum atomic E-state index is -0.805. The molecule has 6 nitrogen and oxygen atoms in total. The number of carbonyl (C=O) groups excluding carboxylic acids is 3. The maximum Gasteiger partial charge on any atom is 0.303 e. The van der Waals surface area contributed by atoms with Gasteiger partial charge in [-0.3, -0.25) is 14.4 Å². The zero-order valence-corrected chi connectivity index (χ0v) is 17.3. The van der Waals surface area contributed by atoms with Crippen LogP contribution in [0, 0.1) is 22.7 Å². The lowest BCUT2D eigenvalue weighted by molar-refractivity contribution is -0.150. The Labute approximate surface area is 165 Å². The molecule has 28 heavy (non-hydrogen) atoms. The molecule has 0 saturated heterocycles. The van der Waals surface area contributed by atoms with E-state index >= 15 is 0 Å². The zero-order chi connectivity index (χ0) is 21.0. The van der Waals surface area contributed by atoms with E-state index in [-0.39, 0.29) is 35.3 Å². The highest BCUT2D eigenvalue weighted by molar-refractivity contribution is 6.50. The number of hydrogen-bond donors (Lipinski definition) is 2. The molecule has 0 spiro atoms. The van der Waals surface area contributed by atoms with Crippen LogP contribution in [0.2, 0.25) is 0 Å². The van der Waals surface area contributed by atoms with E-state index in [1.807, 2.05) is 13.8 Å². The number of esters is 1. The molecule has 2 N–H and O–H groups in total. The number of hydrogen-bond acceptors (Lipinski definition) is 6. The van der Waals surface area contributed by atoms with Gasteiger partial charge < -0.3 is 14.9 Å². The first-order valence-corrected chi connectivity index (χ1v) is 10.0. The molecule has 6 heteroatoms. The summed E-state index contributed by atoms with van der Waals surface area (Å²) in [6.45, 7) is 8.67. The van der Waals surface area contributed by atoms with Crippen LogP contribution in [0.25, 0.3) is 0 Å². The van der Waals surface area contributed by atoms with Gasteiger partial charge in [0.2, 0.25) is 11.6 Å². The van der Waals surface area contributed by atoms with E-state index in [4.69, 9.17) is 4.74 Å². The van der Waals surface area contributed by atoms with E-state index in [2.05, 4.69) is 0 Å². The van der Waals surface area contributed by atoms with Crippen molar-refractivity contribution in [2.45, 2.75) is 66.4 Å². The third-order valence-electron chi connectivity index (χ3n) is 7.10. The maximum absolute atomic E-state index is 13.3. The monoisotopic (exact) mass is 390 g/mol. The number of rotatable bonds is 3. The molecule has 1 fully saturated rings. The summed E-state index contributed by atoms with van der Waals surface area (Å²) >= 11 is 0. The van der Waals surface area contributed by atoms with Crippen LogP contribution in [-0.4, -0.2) is 40.5 Å². The second kappa shape index (κ2) is 6.83. The molecular weight excluding hydrogens is 360 g/mol. The topological polar surface area (TPSA) is 101 Å². The second-order valence-corrected chi connectivity index (χ2v) is 9.33. The van der Waals surface area contributed by atoms with E-state index in [9.17, 15) is 24.6 Å². The molecule has 3 aliphatic carbocycles. The highest BCUT2D eigenvalue weighted by Crippen LogP contribution is 2.61. The lowest BCUT2D eigenvalue weighted by Gasteiger charge is -2.56. The normalized spacial score (nSPS) is 35.8. The quantitative estimate of drug-likeness (QED) is 0.436. The van der Waals surface area contributed by atoms with Gasteiger partial charge in [0, 0.05) is 35.7 Å². The van der Waals surface area contributed by atoms with Crippen LogP contribution in [-0.2, 0) is 19.1 Å². The van der Waals surface area contributed by atoms with Crippen molar-refractivity contribution in [3.8, 4) is 0 Å². The van der Waals surface area contributed by atoms with Crippen LogP contribution >= 0.6 is 0 Å². The molecule has 3 rings (SSSR count). The van der Waals surface area contributed by atoms with Gasteiger partial charge in [0.15, 0.2) is 0 Å². The van der Waals surface area contributed by atoms with E-state index in [1.54, 1.807) is 13.8 Å². The highest BCUT2D eigenvalue weighted by atomic mass is 16.5. The summed E-state index contributed by atoms with van der Waals surface area (Å²) in [5.74, 6) is -2.48. The fourth-order valence-corrected chi connectivity index (χ4v) is 5.79. The number of aliphatic hydroxyl groups excluding tert-OH is 2. The Hall–Kier alpha value is -1.95. The van der Waals surface area contributed by atoms with Gasteiger partial charge in [0.1, 0.15) is 11.9 Å². The molecule has 0 heterocycles. The molecule has 0 aromatic heterocycles. The average molecular weight is 390 g/mol. The van der Waals surface area contributed by atoms with Crippen LogP contribution in [0.5, 0.6) is 0 Å². The molecule has 0 bridgehead atoms. The number of fused-ring (bicyclic) bond motifs is 2. The van der Waals surface area contributed by atoms with Crippen LogP contribution in [0.15, 0.2) is 22.5 Å². The van der Waals surface area contributed by atoms with E-state index in [0.29, 0.717) is 18.4 Å². The zero-order valence-electron chi connectivity index (χ0n) is 17.3. The second-order valence-electron chi connectivity index (χ2n) is 9.33. The van der Waals surface area contributed by atoms with Crippen molar-refractivity contribution in [2.24, 2.45) is 22.7 Å². The highest BCUT2D eigenvalue weighted by Gasteiger charge is 2.59. The van der Waals surface area contributed by atoms with E-state index in [1.165, 1.54) is 6.92 Å². The Balaban J connectivity index is 2.30. The average Bonchev–Trinajstić information content (AvgIpc) is 2.59. The van der Waals surface area contributed by atoms with Crippen molar-refractivity contribution in [3.63, 3.8) is 0 Å². The largest absolute Gasteiger partial charge is 0.507 e. The van der Waals surface area contributed by atoms with Crippen molar-refractivity contribution in [2.75, 3.05) is 6.61 Å². The molecule has 0 radical (unpaired) electrons. The minimum Gasteiger partial charge on any atom is -0.507 e. The van der Waals surface area contributed by atoms with Gasteiger partial charge in [0.05, 0.1) is 0 Å². The smallest absolute Gasteiger partial charge is 0.303 e. The van der Waals surface area contributed by atoms with E-state index < -0.39 is 34.5 Å². The molecule has 0 aliphatic heterocycles. The van der Waals surface area contributed by atoms with Crippen molar-refractivity contribution >= 4 is 17.5 Å². The number of ketones is 2. The van der Waals surface area contributed by atoms with Gasteiger partial charge in [-0.25, -0.2) is 0 Å². The van der Waals surface area contributed by atoms with Crippen molar-refractivity contribution in [3.05, 3.63) is 22.5 Å². The van der Waals surface area contributed by atoms with Crippen molar-refractivity contribution < 1.29 is 29.3 Å². The molecule has 3 aliphatic rings. The standard InChI is InChI=1S/C22H30O6/c1-11(2)15-18(25)16-13(28-12(3)24)9-14-21(4,10-23)7-6-8-22(14,5)17(16)20(27)19(15)26/h11,13-14,23,25H,6-10H2,1-5H3/t13-,14+,21-,22+/m1/s1. The summed E-state index contributed by atoms with van der Waals surface area (Å²) in [4.78, 5) is 37.9. The summed E-state index contributed by atoms with van der Waals surface area (Å²) in [5.41, 5.74) is -0.454. The fourth-order valence-electron chi connectivity index (χ4n) is 5.79. The first-order chi connectivity index (χ1) is 13.0. The van der Waals surface area contributed by atoms with Crippen molar-refractivity contribution in [1.82, 2.24) is 0 Å². The lowest BCUT2D eigenvalue weighted by atomic mass is 9.48. The van der Waals surface area contributed by atoms with E-state index in [0.717, 1.165) is 12.8 Å². The molecule has 0 aromatic carbocycles. The molecule has 154 valence electrons. The van der Waals surface area contributed by atoms with Gasteiger partial charge in [-0.15, -0.1) is 0 Å². The molecule has 1 saturated carbocycles. The molecule has 4 atom stereocenters. The van der Waals surface area contributed by atoms with Crippen LogP contribution in [0.3, 0.4) is 0 Å². The summed E-state index contributed by atoms with van der Waals surface area (Å²) < 4.78 is 5.54. The predicted octanol–water partition coefficient (Wildman–Crippen LogP) is 3.04.